The van der Waals surface area contributed by atoms with Crippen LogP contribution in [0.25, 0.3) is 0 Å². The second-order valence-corrected chi connectivity index (χ2v) is 9.88. The lowest BCUT2D eigenvalue weighted by Crippen LogP contribution is -2.22. The van der Waals surface area contributed by atoms with Crippen LogP contribution in [-0.4, -0.2) is 22.8 Å². The molecule has 0 fully saturated rings. The van der Waals surface area contributed by atoms with E-state index >= 15 is 0 Å². The van der Waals surface area contributed by atoms with Crippen molar-refractivity contribution in [2.45, 2.75) is 90.2 Å². The molecule has 0 saturated carbocycles. The van der Waals surface area contributed by atoms with Gasteiger partial charge in [0.05, 0.1) is 5.69 Å². The van der Waals surface area contributed by atoms with Crippen molar-refractivity contribution in [3.8, 4) is 0 Å². The van der Waals surface area contributed by atoms with Crippen molar-refractivity contribution in [3.63, 3.8) is 0 Å². The molecule has 0 bridgehead atoms. The third-order valence-corrected chi connectivity index (χ3v) is 7.36. The first-order valence-corrected chi connectivity index (χ1v) is 12.6. The molecule has 4 nitrogen and oxygen atoms in total. The molecule has 3 unspecified atom stereocenters. The Bertz CT molecular complexity index is 662. The van der Waals surface area contributed by atoms with E-state index in [2.05, 4.69) is 25.8 Å². The van der Waals surface area contributed by atoms with Crippen LogP contribution in [0.3, 0.4) is 0 Å². The third-order valence-electron chi connectivity index (χ3n) is 5.65. The van der Waals surface area contributed by atoms with E-state index in [1.165, 1.54) is 51.1 Å². The molecule has 1 rings (SSSR count). The van der Waals surface area contributed by atoms with Crippen molar-refractivity contribution in [2.24, 2.45) is 11.8 Å². The smallest absolute Gasteiger partial charge is 0.278 e. The summed E-state index contributed by atoms with van der Waals surface area (Å²) in [6, 6.07) is 5.02. The first-order valence-electron chi connectivity index (χ1n) is 10.7. The van der Waals surface area contributed by atoms with Gasteiger partial charge in [0.1, 0.15) is 0 Å². The summed E-state index contributed by atoms with van der Waals surface area (Å²) in [5.74, 6) is 1.11. The minimum absolute atomic E-state index is 0.293. The zero-order valence-electron chi connectivity index (χ0n) is 17.6. The molecular formula is C22H37NO3S2. The van der Waals surface area contributed by atoms with Gasteiger partial charge in [0.15, 0.2) is 5.25 Å². The Kier molecular flexibility index (Phi) is 12.0. The summed E-state index contributed by atoms with van der Waals surface area (Å²) in [5, 5.41) is -1.21. The number of pyridine rings is 1. The van der Waals surface area contributed by atoms with Crippen LogP contribution in [0.5, 0.6) is 0 Å². The molecule has 0 aromatic carbocycles. The fraction of sp³-hybridized carbons (Fsp3) is 0.727. The lowest BCUT2D eigenvalue weighted by atomic mass is 9.83. The fourth-order valence-electron chi connectivity index (χ4n) is 3.83. The highest BCUT2D eigenvalue weighted by Crippen LogP contribution is 2.29. The van der Waals surface area contributed by atoms with Gasteiger partial charge in [0.2, 0.25) is 0 Å². The van der Waals surface area contributed by atoms with Crippen LogP contribution in [0.15, 0.2) is 24.4 Å². The standard InChI is InChI=1S/C22H37NO3S2/c1-4-6-7-8-9-10-13-19(5-2)18(3)15-16-21(27)22(28(24,25)26)20-14-11-12-17-23-20/h11-12,14,17-19,22H,4-10,13,15-16H2,1-3H3,(H,24,25,26). The summed E-state index contributed by atoms with van der Waals surface area (Å²) in [6.45, 7) is 6.70. The Morgan fingerprint density at radius 3 is 2.36 bits per heavy atom. The summed E-state index contributed by atoms with van der Waals surface area (Å²) in [4.78, 5) is 4.44. The number of thiocarbonyl (C=S) groups is 1. The molecule has 0 spiro atoms. The average Bonchev–Trinajstić information content (AvgIpc) is 2.65. The summed E-state index contributed by atoms with van der Waals surface area (Å²) in [5.41, 5.74) is 0.293. The van der Waals surface area contributed by atoms with Crippen molar-refractivity contribution in [1.82, 2.24) is 4.98 Å². The molecule has 0 saturated heterocycles. The second-order valence-electron chi connectivity index (χ2n) is 7.86. The maximum atomic E-state index is 11.9. The molecule has 1 N–H and O–H groups in total. The highest BCUT2D eigenvalue weighted by Gasteiger charge is 2.31. The number of hydrogen-bond donors (Lipinski definition) is 1. The van der Waals surface area contributed by atoms with Gasteiger partial charge in [-0.2, -0.15) is 8.42 Å². The van der Waals surface area contributed by atoms with E-state index in [-0.39, 0.29) is 0 Å². The fourth-order valence-corrected chi connectivity index (χ4v) is 5.33. The van der Waals surface area contributed by atoms with Gasteiger partial charge in [-0.15, -0.1) is 0 Å². The van der Waals surface area contributed by atoms with E-state index in [0.29, 0.717) is 28.8 Å². The molecule has 3 atom stereocenters. The second kappa shape index (κ2) is 13.4. The SMILES string of the molecule is CCCCCCCCC(CC)C(C)CCC(=S)C(c1ccccn1)S(=O)(=O)O. The molecule has 28 heavy (non-hydrogen) atoms. The van der Waals surface area contributed by atoms with Crippen molar-refractivity contribution in [2.75, 3.05) is 0 Å². The van der Waals surface area contributed by atoms with Crippen molar-refractivity contribution in [3.05, 3.63) is 30.1 Å². The van der Waals surface area contributed by atoms with Gasteiger partial charge in [-0.05, 0) is 36.8 Å². The maximum Gasteiger partial charge on any atom is 0.278 e. The van der Waals surface area contributed by atoms with Crippen molar-refractivity contribution < 1.29 is 13.0 Å². The lowest BCUT2D eigenvalue weighted by molar-refractivity contribution is 0.302. The highest BCUT2D eigenvalue weighted by atomic mass is 32.2. The molecule has 0 aliphatic carbocycles. The van der Waals surface area contributed by atoms with Crippen LogP contribution < -0.4 is 0 Å². The van der Waals surface area contributed by atoms with E-state index in [4.69, 9.17) is 12.2 Å². The van der Waals surface area contributed by atoms with Gasteiger partial charge in [-0.1, -0.05) is 90.4 Å². The van der Waals surface area contributed by atoms with Gasteiger partial charge in [0, 0.05) is 11.1 Å². The average molecular weight is 428 g/mol. The van der Waals surface area contributed by atoms with Gasteiger partial charge < -0.3 is 0 Å². The summed E-state index contributed by atoms with van der Waals surface area (Å²) < 4.78 is 33.4. The van der Waals surface area contributed by atoms with Gasteiger partial charge >= 0.3 is 0 Å². The van der Waals surface area contributed by atoms with Crippen LogP contribution in [0.2, 0.25) is 0 Å². The minimum atomic E-state index is -4.32. The topological polar surface area (TPSA) is 67.3 Å². The Hall–Kier alpha value is -0.850. The number of hydrogen-bond acceptors (Lipinski definition) is 4. The Labute approximate surface area is 177 Å². The first kappa shape index (κ1) is 25.2. The van der Waals surface area contributed by atoms with E-state index in [1.807, 2.05) is 0 Å². The van der Waals surface area contributed by atoms with E-state index < -0.39 is 15.4 Å². The van der Waals surface area contributed by atoms with Crippen LogP contribution in [0, 0.1) is 11.8 Å². The van der Waals surface area contributed by atoms with Gasteiger partial charge in [-0.3, -0.25) is 9.54 Å². The summed E-state index contributed by atoms with van der Waals surface area (Å²) in [7, 11) is -4.32. The molecule has 1 aromatic rings. The van der Waals surface area contributed by atoms with Crippen LogP contribution in [0.4, 0.5) is 0 Å². The van der Waals surface area contributed by atoms with E-state index in [1.54, 1.807) is 18.2 Å². The largest absolute Gasteiger partial charge is 0.285 e. The van der Waals surface area contributed by atoms with Gasteiger partial charge in [0.25, 0.3) is 10.1 Å². The van der Waals surface area contributed by atoms with E-state index in [9.17, 15) is 13.0 Å². The van der Waals surface area contributed by atoms with Crippen LogP contribution in [0.1, 0.15) is 95.9 Å². The first-order chi connectivity index (χ1) is 13.3. The zero-order chi connectivity index (χ0) is 21.0. The number of rotatable bonds is 15. The predicted octanol–water partition coefficient (Wildman–Crippen LogP) is 6.57. The quantitative estimate of drug-likeness (QED) is 0.195. The maximum absolute atomic E-state index is 11.9. The lowest BCUT2D eigenvalue weighted by Gasteiger charge is -2.24. The van der Waals surface area contributed by atoms with Gasteiger partial charge in [-0.25, -0.2) is 0 Å². The van der Waals surface area contributed by atoms with Crippen molar-refractivity contribution in [1.29, 1.82) is 0 Å². The zero-order valence-corrected chi connectivity index (χ0v) is 19.3. The number of aromatic nitrogens is 1. The summed E-state index contributed by atoms with van der Waals surface area (Å²) >= 11 is 5.41. The number of nitrogens with zero attached hydrogens (tertiary/aromatic N) is 1. The normalized spacial score (nSPS) is 15.1. The molecule has 160 valence electrons. The van der Waals surface area contributed by atoms with E-state index in [0.717, 1.165) is 12.8 Å². The third kappa shape index (κ3) is 9.10. The number of unbranched alkanes of at least 4 members (excludes halogenated alkanes) is 5. The monoisotopic (exact) mass is 427 g/mol. The Morgan fingerprint density at radius 1 is 1.11 bits per heavy atom. The Balaban J connectivity index is 2.55. The highest BCUT2D eigenvalue weighted by molar-refractivity contribution is 7.89. The molecule has 0 aliphatic heterocycles. The molecule has 1 heterocycles. The Morgan fingerprint density at radius 2 is 1.79 bits per heavy atom. The molecular weight excluding hydrogens is 390 g/mol. The molecule has 6 heteroatoms. The minimum Gasteiger partial charge on any atom is -0.285 e. The van der Waals surface area contributed by atoms with Crippen LogP contribution >= 0.6 is 12.2 Å². The van der Waals surface area contributed by atoms with Crippen LogP contribution in [-0.2, 0) is 10.1 Å². The summed E-state index contributed by atoms with van der Waals surface area (Å²) in [6.07, 6.45) is 13.0. The predicted molar refractivity (Wildman–Crippen MR) is 121 cm³/mol. The molecule has 0 radical (unpaired) electrons. The molecule has 0 amide bonds. The van der Waals surface area contributed by atoms with Crippen molar-refractivity contribution >= 4 is 27.2 Å². The molecule has 1 aromatic heterocycles. The molecule has 0 aliphatic rings.